The van der Waals surface area contributed by atoms with Gasteiger partial charge in [-0.25, -0.2) is 0 Å². The molecular weight excluding hydrogens is 420 g/mol. The summed E-state index contributed by atoms with van der Waals surface area (Å²) in [7, 11) is 0. The zero-order valence-electron chi connectivity index (χ0n) is 19.3. The largest absolute Gasteiger partial charge is 0.351 e. The fraction of sp³-hybridized carbons (Fsp3) is 0.267. The molecule has 4 nitrogen and oxygen atoms in total. The zero-order chi connectivity index (χ0) is 23.3. The minimum absolute atomic E-state index is 0.0107. The molecule has 1 aliphatic rings. The monoisotopic (exact) mass is 450 g/mol. The van der Waals surface area contributed by atoms with E-state index >= 15 is 0 Å². The average Bonchev–Trinajstić information content (AvgIpc) is 2.86. The lowest BCUT2D eigenvalue weighted by molar-refractivity contribution is -0.124. The Labute approximate surface area is 200 Å². The van der Waals surface area contributed by atoms with Gasteiger partial charge in [0, 0.05) is 12.1 Å². The Kier molecular flexibility index (Phi) is 6.57. The highest BCUT2D eigenvalue weighted by atomic mass is 16.2. The van der Waals surface area contributed by atoms with Crippen LogP contribution in [-0.2, 0) is 22.4 Å². The molecule has 0 spiro atoms. The second-order valence-electron chi connectivity index (χ2n) is 9.26. The van der Waals surface area contributed by atoms with Gasteiger partial charge in [-0.1, -0.05) is 97.8 Å². The smallest absolute Gasteiger partial charge is 0.224 e. The number of hydrogen-bond donors (Lipinski definition) is 2. The molecule has 34 heavy (non-hydrogen) atoms. The minimum atomic E-state index is -0.0345. The quantitative estimate of drug-likeness (QED) is 0.418. The van der Waals surface area contributed by atoms with Gasteiger partial charge in [-0.2, -0.15) is 0 Å². The maximum absolute atomic E-state index is 13.0. The van der Waals surface area contributed by atoms with Crippen LogP contribution < -0.4 is 10.6 Å². The lowest BCUT2D eigenvalue weighted by Crippen LogP contribution is -2.53. The predicted molar refractivity (Wildman–Crippen MR) is 138 cm³/mol. The predicted octanol–water partition coefficient (Wildman–Crippen LogP) is 5.32. The summed E-state index contributed by atoms with van der Waals surface area (Å²) in [6.45, 7) is 0. The first-order valence-corrected chi connectivity index (χ1v) is 12.2. The molecule has 172 valence electrons. The number of benzene rings is 4. The summed E-state index contributed by atoms with van der Waals surface area (Å²) in [5, 5.41) is 11.0. The molecule has 0 aliphatic heterocycles. The van der Waals surface area contributed by atoms with Crippen molar-refractivity contribution in [2.75, 3.05) is 0 Å². The normalized spacial score (nSPS) is 18.0. The summed E-state index contributed by atoms with van der Waals surface area (Å²) in [4.78, 5) is 25.9. The van der Waals surface area contributed by atoms with Gasteiger partial charge < -0.3 is 10.6 Å². The third-order valence-corrected chi connectivity index (χ3v) is 6.92. The van der Waals surface area contributed by atoms with Gasteiger partial charge in [-0.05, 0) is 45.5 Å². The Morgan fingerprint density at radius 3 is 1.47 bits per heavy atom. The zero-order valence-corrected chi connectivity index (χ0v) is 19.3. The Hall–Kier alpha value is -3.66. The first kappa shape index (κ1) is 22.1. The molecule has 0 radical (unpaired) electrons. The van der Waals surface area contributed by atoms with Crippen LogP contribution in [0.25, 0.3) is 21.5 Å². The number of carbonyl (C=O) groups is 2. The second kappa shape index (κ2) is 10.1. The van der Waals surface area contributed by atoms with Crippen molar-refractivity contribution in [1.29, 1.82) is 0 Å². The highest BCUT2D eigenvalue weighted by Gasteiger charge is 2.28. The van der Waals surface area contributed by atoms with Crippen LogP contribution in [0.5, 0.6) is 0 Å². The van der Waals surface area contributed by atoms with Crippen molar-refractivity contribution in [3.05, 3.63) is 96.1 Å². The summed E-state index contributed by atoms with van der Waals surface area (Å²) in [5.41, 5.74) is 2.06. The molecule has 0 heterocycles. The lowest BCUT2D eigenvalue weighted by Gasteiger charge is -2.33. The number of hydrogen-bond acceptors (Lipinski definition) is 2. The standard InChI is InChI=1S/C30H30N2O2/c33-29(19-23-13-7-11-21-9-1-3-15-25(21)23)31-27-17-5-6-18-28(27)32-30(34)20-24-14-8-12-22-10-2-4-16-26(22)24/h1-4,7-16,27-28H,5-6,17-20H2,(H,31,33)(H,32,34)/t27-,28-/m1/s1. The van der Waals surface area contributed by atoms with Gasteiger partial charge in [-0.15, -0.1) is 0 Å². The molecule has 2 atom stereocenters. The molecule has 5 rings (SSSR count). The Balaban J connectivity index is 1.24. The van der Waals surface area contributed by atoms with Crippen molar-refractivity contribution in [3.8, 4) is 0 Å². The van der Waals surface area contributed by atoms with Gasteiger partial charge in [0.2, 0.25) is 11.8 Å². The van der Waals surface area contributed by atoms with Crippen LogP contribution in [0.15, 0.2) is 84.9 Å². The average molecular weight is 451 g/mol. The number of amides is 2. The molecule has 0 bridgehead atoms. The third-order valence-electron chi connectivity index (χ3n) is 6.92. The molecule has 0 aromatic heterocycles. The van der Waals surface area contributed by atoms with Crippen molar-refractivity contribution in [1.82, 2.24) is 10.6 Å². The van der Waals surface area contributed by atoms with Crippen LogP contribution in [0.4, 0.5) is 0 Å². The van der Waals surface area contributed by atoms with E-state index in [9.17, 15) is 9.59 Å². The summed E-state index contributed by atoms with van der Waals surface area (Å²) in [5.74, 6) is 0.0214. The first-order chi connectivity index (χ1) is 16.7. The van der Waals surface area contributed by atoms with E-state index in [-0.39, 0.29) is 23.9 Å². The van der Waals surface area contributed by atoms with E-state index in [4.69, 9.17) is 0 Å². The van der Waals surface area contributed by atoms with Crippen molar-refractivity contribution in [3.63, 3.8) is 0 Å². The summed E-state index contributed by atoms with van der Waals surface area (Å²) in [6.07, 6.45) is 4.59. The van der Waals surface area contributed by atoms with Gasteiger partial charge in [0.05, 0.1) is 12.8 Å². The van der Waals surface area contributed by atoms with E-state index in [1.165, 1.54) is 0 Å². The molecule has 1 aliphatic carbocycles. The van der Waals surface area contributed by atoms with Crippen LogP contribution in [-0.4, -0.2) is 23.9 Å². The maximum atomic E-state index is 13.0. The molecule has 4 aromatic carbocycles. The van der Waals surface area contributed by atoms with Gasteiger partial charge in [0.15, 0.2) is 0 Å². The highest BCUT2D eigenvalue weighted by molar-refractivity contribution is 5.91. The van der Waals surface area contributed by atoms with Crippen LogP contribution in [0, 0.1) is 0 Å². The van der Waals surface area contributed by atoms with Crippen molar-refractivity contribution < 1.29 is 9.59 Å². The van der Waals surface area contributed by atoms with E-state index in [1.54, 1.807) is 0 Å². The van der Waals surface area contributed by atoms with Crippen LogP contribution in [0.3, 0.4) is 0 Å². The molecule has 0 saturated heterocycles. The highest BCUT2D eigenvalue weighted by Crippen LogP contribution is 2.22. The number of rotatable bonds is 6. The van der Waals surface area contributed by atoms with Gasteiger partial charge >= 0.3 is 0 Å². The molecule has 2 N–H and O–H groups in total. The Morgan fingerprint density at radius 2 is 1.00 bits per heavy atom. The summed E-state index contributed by atoms with van der Waals surface area (Å²) >= 11 is 0. The summed E-state index contributed by atoms with van der Waals surface area (Å²) < 4.78 is 0. The van der Waals surface area contributed by atoms with Gasteiger partial charge in [0.1, 0.15) is 0 Å². The van der Waals surface area contributed by atoms with E-state index in [2.05, 4.69) is 47.0 Å². The topological polar surface area (TPSA) is 58.2 Å². The number of carbonyl (C=O) groups excluding carboxylic acids is 2. The SMILES string of the molecule is O=C(Cc1cccc2ccccc12)N[C@@H]1CCCC[C@H]1NC(=O)Cc1cccc2ccccc12. The lowest BCUT2D eigenvalue weighted by atomic mass is 9.89. The number of nitrogens with one attached hydrogen (secondary N) is 2. The summed E-state index contributed by atoms with van der Waals surface area (Å²) in [6, 6.07) is 28.4. The number of fused-ring (bicyclic) bond motifs is 2. The first-order valence-electron chi connectivity index (χ1n) is 12.2. The molecule has 1 saturated carbocycles. The van der Waals surface area contributed by atoms with E-state index in [0.717, 1.165) is 58.4 Å². The van der Waals surface area contributed by atoms with Crippen molar-refractivity contribution >= 4 is 33.4 Å². The molecular formula is C30H30N2O2. The van der Waals surface area contributed by atoms with Gasteiger partial charge in [0.25, 0.3) is 0 Å². The Bertz CT molecular complexity index is 1220. The minimum Gasteiger partial charge on any atom is -0.351 e. The van der Waals surface area contributed by atoms with Crippen LogP contribution in [0.2, 0.25) is 0 Å². The third kappa shape index (κ3) is 4.96. The second-order valence-corrected chi connectivity index (χ2v) is 9.26. The fourth-order valence-electron chi connectivity index (χ4n) is 5.23. The maximum Gasteiger partial charge on any atom is 0.224 e. The van der Waals surface area contributed by atoms with Crippen LogP contribution >= 0.6 is 0 Å². The molecule has 2 amide bonds. The molecule has 4 aromatic rings. The van der Waals surface area contributed by atoms with Crippen LogP contribution in [0.1, 0.15) is 36.8 Å². The molecule has 4 heteroatoms. The van der Waals surface area contributed by atoms with E-state index in [0.29, 0.717) is 12.8 Å². The van der Waals surface area contributed by atoms with Crippen molar-refractivity contribution in [2.24, 2.45) is 0 Å². The van der Waals surface area contributed by atoms with Crippen molar-refractivity contribution in [2.45, 2.75) is 50.6 Å². The van der Waals surface area contributed by atoms with Gasteiger partial charge in [-0.3, -0.25) is 9.59 Å². The van der Waals surface area contributed by atoms with E-state index < -0.39 is 0 Å². The molecule has 0 unspecified atom stereocenters. The Morgan fingerprint density at radius 1 is 0.588 bits per heavy atom. The fourth-order valence-corrected chi connectivity index (χ4v) is 5.23. The molecule has 1 fully saturated rings. The van der Waals surface area contributed by atoms with E-state index in [1.807, 2.05) is 48.5 Å².